The molecular weight excluding hydrogens is 576 g/mol. The number of likely N-dealkylation sites (tertiary alicyclic amines) is 1. The predicted octanol–water partition coefficient (Wildman–Crippen LogP) is 4.62. The van der Waals surface area contributed by atoms with E-state index in [0.717, 1.165) is 34.9 Å². The Bertz CT molecular complexity index is 1530. The Morgan fingerprint density at radius 2 is 1.82 bits per heavy atom. The fourth-order valence-corrected chi connectivity index (χ4v) is 7.64. The molecule has 3 heterocycles. The van der Waals surface area contributed by atoms with Crippen LogP contribution in [0.25, 0.3) is 5.69 Å². The van der Waals surface area contributed by atoms with Crippen LogP contribution in [0.1, 0.15) is 55.3 Å². The minimum atomic E-state index is -0.300. The number of carbonyl (C=O) groups excluding carboxylic acids is 2. The van der Waals surface area contributed by atoms with Gasteiger partial charge < -0.3 is 14.4 Å². The average molecular weight is 617 g/mol. The van der Waals surface area contributed by atoms with E-state index < -0.39 is 0 Å². The van der Waals surface area contributed by atoms with Crippen molar-refractivity contribution in [3.8, 4) is 11.4 Å². The number of hydrogen-bond acceptors (Lipinski definition) is 8. The lowest BCUT2D eigenvalue weighted by molar-refractivity contribution is -0.142. The van der Waals surface area contributed by atoms with Crippen LogP contribution in [0.5, 0.6) is 5.75 Å². The summed E-state index contributed by atoms with van der Waals surface area (Å²) in [5.41, 5.74) is 3.34. The van der Waals surface area contributed by atoms with Crippen molar-refractivity contribution >= 4 is 23.6 Å². The zero-order chi connectivity index (χ0) is 30.5. The number of para-hydroxylation sites is 1. The Kier molecular flexibility index (Phi) is 9.66. The van der Waals surface area contributed by atoms with Crippen LogP contribution in [-0.4, -0.2) is 69.8 Å². The molecule has 44 heavy (non-hydrogen) atoms. The molecule has 2 aliphatic heterocycles. The average Bonchev–Trinajstić information content (AvgIpc) is 3.03. The first-order valence-electron chi connectivity index (χ1n) is 15.6. The highest BCUT2D eigenvalue weighted by molar-refractivity contribution is 7.99. The summed E-state index contributed by atoms with van der Waals surface area (Å²) in [6.45, 7) is 3.24. The number of methoxy groups -OCH3 is 1. The lowest BCUT2D eigenvalue weighted by Crippen LogP contribution is -2.55. The Labute approximate surface area is 262 Å². The van der Waals surface area contributed by atoms with Gasteiger partial charge in [-0.1, -0.05) is 61.4 Å². The molecule has 232 valence electrons. The smallest absolute Gasteiger partial charge is 0.308 e. The summed E-state index contributed by atoms with van der Waals surface area (Å²) in [5.74, 6) is 0.437. The molecule has 3 aliphatic rings. The molecule has 1 saturated heterocycles. The van der Waals surface area contributed by atoms with Crippen LogP contribution in [0.4, 0.5) is 0 Å². The third-order valence-electron chi connectivity index (χ3n) is 8.76. The third kappa shape index (κ3) is 7.02. The van der Waals surface area contributed by atoms with Gasteiger partial charge in [-0.3, -0.25) is 23.9 Å². The van der Waals surface area contributed by atoms with Gasteiger partial charge >= 0.3 is 5.97 Å². The summed E-state index contributed by atoms with van der Waals surface area (Å²) in [6.07, 6.45) is 6.86. The SMILES string of the molecule is COC(=O)CCOc1cccc(CN2CC(C(=O)N3CCc4nc(SC5CCCCC5)n(-c5ccccc5)c(=O)c4C3)C2)c1. The van der Waals surface area contributed by atoms with Crippen LogP contribution in [0.2, 0.25) is 0 Å². The first-order valence-corrected chi connectivity index (χ1v) is 16.5. The van der Waals surface area contributed by atoms with Gasteiger partial charge in [0.2, 0.25) is 5.91 Å². The maximum absolute atomic E-state index is 14.0. The van der Waals surface area contributed by atoms with E-state index in [0.29, 0.717) is 55.7 Å². The molecule has 1 saturated carbocycles. The lowest BCUT2D eigenvalue weighted by atomic mass is 9.96. The highest BCUT2D eigenvalue weighted by Gasteiger charge is 2.37. The zero-order valence-corrected chi connectivity index (χ0v) is 26.1. The zero-order valence-electron chi connectivity index (χ0n) is 25.3. The summed E-state index contributed by atoms with van der Waals surface area (Å²) in [4.78, 5) is 48.1. The first-order chi connectivity index (χ1) is 21.5. The van der Waals surface area contributed by atoms with Crippen LogP contribution in [0, 0.1) is 5.92 Å². The molecule has 0 radical (unpaired) electrons. The molecule has 2 aromatic carbocycles. The number of carbonyl (C=O) groups is 2. The quantitative estimate of drug-likeness (QED) is 0.241. The molecule has 0 unspecified atom stereocenters. The minimum Gasteiger partial charge on any atom is -0.493 e. The Hall–Kier alpha value is -3.63. The minimum absolute atomic E-state index is 0.0547. The molecule has 2 fully saturated rings. The van der Waals surface area contributed by atoms with E-state index in [-0.39, 0.29) is 36.4 Å². The van der Waals surface area contributed by atoms with E-state index in [1.54, 1.807) is 16.3 Å². The molecule has 1 aliphatic carbocycles. The van der Waals surface area contributed by atoms with Crippen molar-refractivity contribution < 1.29 is 19.1 Å². The number of hydrogen-bond donors (Lipinski definition) is 0. The Balaban J connectivity index is 1.09. The van der Waals surface area contributed by atoms with Crippen molar-refractivity contribution in [1.29, 1.82) is 0 Å². The van der Waals surface area contributed by atoms with E-state index in [4.69, 9.17) is 9.72 Å². The van der Waals surface area contributed by atoms with E-state index in [9.17, 15) is 14.4 Å². The fraction of sp³-hybridized carbons (Fsp3) is 0.471. The van der Waals surface area contributed by atoms with E-state index in [2.05, 4.69) is 9.64 Å². The highest BCUT2D eigenvalue weighted by atomic mass is 32.2. The third-order valence-corrected chi connectivity index (χ3v) is 10.1. The van der Waals surface area contributed by atoms with Crippen molar-refractivity contribution in [3.05, 3.63) is 81.8 Å². The number of aromatic nitrogens is 2. The number of rotatable bonds is 10. The maximum atomic E-state index is 14.0. The van der Waals surface area contributed by atoms with Crippen LogP contribution >= 0.6 is 11.8 Å². The number of thioether (sulfide) groups is 1. The van der Waals surface area contributed by atoms with Gasteiger partial charge in [0, 0.05) is 37.8 Å². The van der Waals surface area contributed by atoms with Gasteiger partial charge in [0.1, 0.15) is 5.75 Å². The van der Waals surface area contributed by atoms with Crippen molar-refractivity contribution in [2.45, 2.75) is 68.4 Å². The van der Waals surface area contributed by atoms with E-state index >= 15 is 0 Å². The molecule has 3 aromatic rings. The lowest BCUT2D eigenvalue weighted by Gasteiger charge is -2.41. The van der Waals surface area contributed by atoms with Gasteiger partial charge in [-0.05, 0) is 42.7 Å². The number of esters is 1. The van der Waals surface area contributed by atoms with Gasteiger partial charge in [0.15, 0.2) is 5.16 Å². The number of ether oxygens (including phenoxy) is 2. The molecular formula is C34H40N4O5S. The van der Waals surface area contributed by atoms with E-state index in [1.165, 1.54) is 26.4 Å². The largest absolute Gasteiger partial charge is 0.493 e. The number of nitrogens with zero attached hydrogens (tertiary/aromatic N) is 4. The molecule has 0 bridgehead atoms. The number of amides is 1. The second kappa shape index (κ2) is 14.0. The van der Waals surface area contributed by atoms with Gasteiger partial charge in [-0.2, -0.15) is 0 Å². The molecule has 0 atom stereocenters. The van der Waals surface area contributed by atoms with Crippen molar-refractivity contribution in [2.75, 3.05) is 33.4 Å². The van der Waals surface area contributed by atoms with Gasteiger partial charge in [-0.15, -0.1) is 0 Å². The standard InChI is InChI=1S/C34H40N4O5S/c1-42-31(39)16-18-43-27-12-8-9-24(19-27)20-36-21-25(22-36)32(40)37-17-15-30-29(23-37)33(41)38(26-10-4-2-5-11-26)34(35-30)44-28-13-6-3-7-14-28/h2,4-5,8-12,19,25,28H,3,6-7,13-18,20-23H2,1H3. The topological polar surface area (TPSA) is 94.0 Å². The molecule has 0 spiro atoms. The second-order valence-electron chi connectivity index (χ2n) is 11.9. The number of fused-ring (bicyclic) bond motifs is 1. The van der Waals surface area contributed by atoms with Crippen LogP contribution < -0.4 is 10.3 Å². The molecule has 9 nitrogen and oxygen atoms in total. The highest BCUT2D eigenvalue weighted by Crippen LogP contribution is 2.34. The summed E-state index contributed by atoms with van der Waals surface area (Å²) >= 11 is 1.74. The van der Waals surface area contributed by atoms with Crippen LogP contribution in [0.3, 0.4) is 0 Å². The summed E-state index contributed by atoms with van der Waals surface area (Å²) in [5, 5.41) is 1.26. The van der Waals surface area contributed by atoms with Crippen molar-refractivity contribution in [1.82, 2.24) is 19.4 Å². The Morgan fingerprint density at radius 3 is 2.59 bits per heavy atom. The summed E-state index contributed by atoms with van der Waals surface area (Å²) < 4.78 is 12.1. The maximum Gasteiger partial charge on any atom is 0.308 e. The van der Waals surface area contributed by atoms with Gasteiger partial charge in [-0.25, -0.2) is 4.98 Å². The predicted molar refractivity (Wildman–Crippen MR) is 169 cm³/mol. The summed E-state index contributed by atoms with van der Waals surface area (Å²) in [6, 6.07) is 17.6. The molecule has 0 N–H and O–H groups in total. The molecule has 1 amide bonds. The molecule has 1 aromatic heterocycles. The first kappa shape index (κ1) is 30.4. The van der Waals surface area contributed by atoms with E-state index in [1.807, 2.05) is 59.5 Å². The number of benzene rings is 2. The second-order valence-corrected chi connectivity index (χ2v) is 13.2. The van der Waals surface area contributed by atoms with Crippen molar-refractivity contribution in [2.24, 2.45) is 5.92 Å². The normalized spacial score (nSPS) is 17.5. The molecule has 6 rings (SSSR count). The Morgan fingerprint density at radius 1 is 1.02 bits per heavy atom. The van der Waals surface area contributed by atoms with Gasteiger partial charge in [0.25, 0.3) is 5.56 Å². The van der Waals surface area contributed by atoms with Gasteiger partial charge in [0.05, 0.1) is 49.5 Å². The van der Waals surface area contributed by atoms with Crippen LogP contribution in [-0.2, 0) is 33.8 Å². The molecule has 10 heteroatoms. The van der Waals surface area contributed by atoms with Crippen LogP contribution in [0.15, 0.2) is 64.5 Å². The fourth-order valence-electron chi connectivity index (χ4n) is 6.32. The van der Waals surface area contributed by atoms with Crippen molar-refractivity contribution in [3.63, 3.8) is 0 Å². The summed E-state index contributed by atoms with van der Waals surface area (Å²) in [7, 11) is 1.37. The monoisotopic (exact) mass is 616 g/mol.